The Bertz CT molecular complexity index is 542. The van der Waals surface area contributed by atoms with E-state index in [1.54, 1.807) is 25.3 Å². The Morgan fingerprint density at radius 2 is 1.86 bits per heavy atom. The molecule has 1 aliphatic carbocycles. The molecule has 1 aliphatic rings. The smallest absolute Gasteiger partial charge is 0.329 e. The first-order valence-corrected chi connectivity index (χ1v) is 6.93. The minimum atomic E-state index is -1.10. The fourth-order valence-electron chi connectivity index (χ4n) is 2.54. The number of hydrogen-bond donors (Lipinski definition) is 2. The van der Waals surface area contributed by atoms with Gasteiger partial charge in [-0.05, 0) is 36.6 Å². The second-order valence-corrected chi connectivity index (χ2v) is 5.19. The van der Waals surface area contributed by atoms with Crippen molar-refractivity contribution < 1.29 is 19.4 Å². The van der Waals surface area contributed by atoms with Gasteiger partial charge >= 0.3 is 5.97 Å². The van der Waals surface area contributed by atoms with Crippen molar-refractivity contribution >= 4 is 18.0 Å². The van der Waals surface area contributed by atoms with Gasteiger partial charge in [0.2, 0.25) is 5.91 Å². The van der Waals surface area contributed by atoms with Gasteiger partial charge in [0.1, 0.15) is 11.3 Å². The lowest BCUT2D eigenvalue weighted by atomic mass is 9.98. The zero-order valence-electron chi connectivity index (χ0n) is 12.0. The summed E-state index contributed by atoms with van der Waals surface area (Å²) in [7, 11) is 1.59. The van der Waals surface area contributed by atoms with E-state index in [2.05, 4.69) is 5.32 Å². The molecule has 0 radical (unpaired) electrons. The van der Waals surface area contributed by atoms with Crippen LogP contribution in [0.15, 0.2) is 30.3 Å². The normalized spacial score (nSPS) is 16.8. The van der Waals surface area contributed by atoms with Gasteiger partial charge in [-0.3, -0.25) is 4.79 Å². The molecule has 0 aliphatic heterocycles. The Balaban J connectivity index is 2.00. The van der Waals surface area contributed by atoms with E-state index in [1.807, 2.05) is 12.1 Å². The lowest BCUT2D eigenvalue weighted by Crippen LogP contribution is -2.52. The molecular formula is C16H19NO4. The zero-order chi connectivity index (χ0) is 15.3. The van der Waals surface area contributed by atoms with Crippen molar-refractivity contribution in [2.75, 3.05) is 7.11 Å². The van der Waals surface area contributed by atoms with Crippen molar-refractivity contribution in [3.63, 3.8) is 0 Å². The quantitative estimate of drug-likeness (QED) is 0.815. The van der Waals surface area contributed by atoms with Gasteiger partial charge in [0.25, 0.3) is 0 Å². The maximum atomic E-state index is 11.9. The van der Waals surface area contributed by atoms with Gasteiger partial charge in [0.05, 0.1) is 7.11 Å². The van der Waals surface area contributed by atoms with Crippen LogP contribution in [0.25, 0.3) is 6.08 Å². The number of carbonyl (C=O) groups excluding carboxylic acids is 1. The number of benzene rings is 1. The highest BCUT2D eigenvalue weighted by Gasteiger charge is 2.42. The van der Waals surface area contributed by atoms with Crippen molar-refractivity contribution in [3.8, 4) is 5.75 Å². The summed E-state index contributed by atoms with van der Waals surface area (Å²) >= 11 is 0. The Labute approximate surface area is 123 Å². The Hall–Kier alpha value is -2.30. The number of carboxylic acids is 1. The molecule has 1 aromatic carbocycles. The van der Waals surface area contributed by atoms with Crippen molar-refractivity contribution in [2.24, 2.45) is 0 Å². The summed E-state index contributed by atoms with van der Waals surface area (Å²) < 4.78 is 5.05. The molecule has 5 nitrogen and oxygen atoms in total. The van der Waals surface area contributed by atoms with E-state index in [4.69, 9.17) is 4.74 Å². The molecule has 21 heavy (non-hydrogen) atoms. The average molecular weight is 289 g/mol. The van der Waals surface area contributed by atoms with Crippen LogP contribution in [0.4, 0.5) is 0 Å². The van der Waals surface area contributed by atoms with Crippen LogP contribution in [0.3, 0.4) is 0 Å². The minimum absolute atomic E-state index is 0.380. The van der Waals surface area contributed by atoms with E-state index in [-0.39, 0.29) is 5.91 Å². The van der Waals surface area contributed by atoms with E-state index in [0.717, 1.165) is 24.2 Å². The highest BCUT2D eigenvalue weighted by molar-refractivity contribution is 5.95. The standard InChI is InChI=1S/C16H19NO4/c1-21-13-7-4-12(5-8-13)6-9-14(18)17-16(15(19)20)10-2-3-11-16/h4-9H,2-3,10-11H2,1H3,(H,17,18)(H,19,20)/b9-6+. The molecule has 1 saturated carbocycles. The summed E-state index contributed by atoms with van der Waals surface area (Å²) in [4.78, 5) is 23.3. The predicted molar refractivity (Wildman–Crippen MR) is 79.0 cm³/mol. The number of amides is 1. The first-order valence-electron chi connectivity index (χ1n) is 6.93. The lowest BCUT2D eigenvalue weighted by molar-refractivity contribution is -0.146. The van der Waals surface area contributed by atoms with Crippen molar-refractivity contribution in [1.82, 2.24) is 5.32 Å². The summed E-state index contributed by atoms with van der Waals surface area (Å²) in [6.45, 7) is 0. The van der Waals surface area contributed by atoms with E-state index in [9.17, 15) is 14.7 Å². The summed E-state index contributed by atoms with van der Waals surface area (Å²) in [5, 5.41) is 11.9. The maximum Gasteiger partial charge on any atom is 0.329 e. The molecule has 2 rings (SSSR count). The van der Waals surface area contributed by atoms with Crippen LogP contribution in [-0.4, -0.2) is 29.6 Å². The number of aliphatic carboxylic acids is 1. The molecule has 5 heteroatoms. The van der Waals surface area contributed by atoms with Gasteiger partial charge in [-0.25, -0.2) is 4.79 Å². The highest BCUT2D eigenvalue weighted by atomic mass is 16.5. The summed E-state index contributed by atoms with van der Waals surface area (Å²) in [5.41, 5.74) is -0.247. The number of ether oxygens (including phenoxy) is 1. The van der Waals surface area contributed by atoms with Crippen LogP contribution < -0.4 is 10.1 Å². The third-order valence-electron chi connectivity index (χ3n) is 3.77. The van der Waals surface area contributed by atoms with Crippen LogP contribution in [-0.2, 0) is 9.59 Å². The molecule has 1 aromatic rings. The zero-order valence-corrected chi connectivity index (χ0v) is 12.0. The molecule has 0 saturated heterocycles. The van der Waals surface area contributed by atoms with Crippen molar-refractivity contribution in [2.45, 2.75) is 31.2 Å². The molecule has 0 heterocycles. The first-order chi connectivity index (χ1) is 10.1. The van der Waals surface area contributed by atoms with Crippen LogP contribution >= 0.6 is 0 Å². The first kappa shape index (κ1) is 15.1. The van der Waals surface area contributed by atoms with E-state index < -0.39 is 11.5 Å². The van der Waals surface area contributed by atoms with Gasteiger partial charge in [0.15, 0.2) is 0 Å². The van der Waals surface area contributed by atoms with E-state index in [1.165, 1.54) is 6.08 Å². The topological polar surface area (TPSA) is 75.6 Å². The third-order valence-corrected chi connectivity index (χ3v) is 3.77. The number of nitrogens with one attached hydrogen (secondary N) is 1. The molecule has 0 unspecified atom stereocenters. The van der Waals surface area contributed by atoms with Crippen LogP contribution in [0.2, 0.25) is 0 Å². The van der Waals surface area contributed by atoms with Gasteiger partial charge in [-0.2, -0.15) is 0 Å². The number of carboxylic acid groups (broad SMARTS) is 1. The maximum absolute atomic E-state index is 11.9. The Morgan fingerprint density at radius 3 is 2.38 bits per heavy atom. The lowest BCUT2D eigenvalue weighted by Gasteiger charge is -2.24. The average Bonchev–Trinajstić information content (AvgIpc) is 2.95. The van der Waals surface area contributed by atoms with Crippen LogP contribution in [0, 0.1) is 0 Å². The molecule has 0 aromatic heterocycles. The van der Waals surface area contributed by atoms with Gasteiger partial charge in [-0.1, -0.05) is 25.0 Å². The van der Waals surface area contributed by atoms with E-state index in [0.29, 0.717) is 12.8 Å². The van der Waals surface area contributed by atoms with Gasteiger partial charge in [-0.15, -0.1) is 0 Å². The van der Waals surface area contributed by atoms with Gasteiger partial charge < -0.3 is 15.2 Å². The highest BCUT2D eigenvalue weighted by Crippen LogP contribution is 2.29. The summed E-state index contributed by atoms with van der Waals surface area (Å²) in [6, 6.07) is 7.25. The number of hydrogen-bond acceptors (Lipinski definition) is 3. The molecular weight excluding hydrogens is 270 g/mol. The van der Waals surface area contributed by atoms with Gasteiger partial charge in [0, 0.05) is 6.08 Å². The molecule has 0 spiro atoms. The van der Waals surface area contributed by atoms with Crippen molar-refractivity contribution in [3.05, 3.63) is 35.9 Å². The summed E-state index contributed by atoms with van der Waals surface area (Å²) in [6.07, 6.45) is 5.66. The minimum Gasteiger partial charge on any atom is -0.497 e. The SMILES string of the molecule is COc1ccc(/C=C/C(=O)NC2(C(=O)O)CCCC2)cc1. The molecule has 1 fully saturated rings. The van der Waals surface area contributed by atoms with Crippen molar-refractivity contribution in [1.29, 1.82) is 0 Å². The number of rotatable bonds is 5. The predicted octanol–water partition coefficient (Wildman–Crippen LogP) is 2.22. The molecule has 0 atom stereocenters. The van der Waals surface area contributed by atoms with E-state index >= 15 is 0 Å². The number of methoxy groups -OCH3 is 1. The molecule has 2 N–H and O–H groups in total. The summed E-state index contributed by atoms with van der Waals surface area (Å²) in [5.74, 6) is -0.589. The third kappa shape index (κ3) is 3.62. The Kier molecular flexibility index (Phi) is 4.62. The molecule has 0 bridgehead atoms. The Morgan fingerprint density at radius 1 is 1.24 bits per heavy atom. The van der Waals surface area contributed by atoms with Crippen LogP contribution in [0.1, 0.15) is 31.2 Å². The largest absolute Gasteiger partial charge is 0.497 e. The fraction of sp³-hybridized carbons (Fsp3) is 0.375. The fourth-order valence-corrected chi connectivity index (χ4v) is 2.54. The molecule has 1 amide bonds. The van der Waals surface area contributed by atoms with Crippen LogP contribution in [0.5, 0.6) is 5.75 Å². The number of carbonyl (C=O) groups is 2. The molecule has 112 valence electrons. The monoisotopic (exact) mass is 289 g/mol. The second kappa shape index (κ2) is 6.43. The second-order valence-electron chi connectivity index (χ2n) is 5.19.